The molecule has 2 rings (SSSR count). The molecule has 0 atom stereocenters. The van der Waals surface area contributed by atoms with Gasteiger partial charge >= 0.3 is 0 Å². The zero-order valence-corrected chi connectivity index (χ0v) is 12.8. The fourth-order valence-electron chi connectivity index (χ4n) is 1.78. The number of hydrogen-bond donors (Lipinski definition) is 0. The molecule has 0 unspecified atom stereocenters. The van der Waals surface area contributed by atoms with E-state index >= 15 is 0 Å². The van der Waals surface area contributed by atoms with Gasteiger partial charge in [-0.05, 0) is 67.4 Å². The highest BCUT2D eigenvalue weighted by atomic mass is 127. The summed E-state index contributed by atoms with van der Waals surface area (Å²) in [6, 6.07) is 8.16. The van der Waals surface area contributed by atoms with E-state index in [0.29, 0.717) is 0 Å². The number of aromatic nitrogens is 1. The molecule has 0 spiro atoms. The Morgan fingerprint density at radius 2 is 2.11 bits per heavy atom. The quantitative estimate of drug-likeness (QED) is 0.608. The maximum Gasteiger partial charge on any atom is 0.130 e. The standard InChI is InChI=1S/C14H17IN2O/c1-17(2)8-3-9-18-14-6-7-16-13-10-11(15)4-5-12(13)14/h4-7,10H,3,8-9H2,1-2H3. The molecule has 18 heavy (non-hydrogen) atoms. The highest BCUT2D eigenvalue weighted by Gasteiger charge is 2.03. The average Bonchev–Trinajstić information content (AvgIpc) is 2.34. The Labute approximate surface area is 121 Å². The maximum absolute atomic E-state index is 5.84. The molecule has 0 N–H and O–H groups in total. The van der Waals surface area contributed by atoms with Crippen LogP contribution in [0, 0.1) is 3.57 Å². The fourth-order valence-corrected chi connectivity index (χ4v) is 2.26. The zero-order chi connectivity index (χ0) is 13.0. The summed E-state index contributed by atoms with van der Waals surface area (Å²) in [7, 11) is 4.15. The van der Waals surface area contributed by atoms with Gasteiger partial charge in [0.25, 0.3) is 0 Å². The van der Waals surface area contributed by atoms with Crippen LogP contribution in [-0.2, 0) is 0 Å². The molecule has 1 aromatic carbocycles. The number of benzene rings is 1. The molecule has 0 bridgehead atoms. The van der Waals surface area contributed by atoms with Crippen molar-refractivity contribution in [1.29, 1.82) is 0 Å². The van der Waals surface area contributed by atoms with Crippen molar-refractivity contribution < 1.29 is 4.74 Å². The van der Waals surface area contributed by atoms with Crippen LogP contribution in [0.25, 0.3) is 10.9 Å². The normalized spacial score (nSPS) is 11.1. The Kier molecular flexibility index (Phi) is 4.77. The summed E-state index contributed by atoms with van der Waals surface area (Å²) in [6.07, 6.45) is 2.83. The van der Waals surface area contributed by atoms with Crippen LogP contribution in [-0.4, -0.2) is 37.1 Å². The second-order valence-corrected chi connectivity index (χ2v) is 5.72. The molecular formula is C14H17IN2O. The molecule has 0 aliphatic rings. The summed E-state index contributed by atoms with van der Waals surface area (Å²) in [5, 5.41) is 1.09. The van der Waals surface area contributed by atoms with Crippen LogP contribution in [0.5, 0.6) is 5.75 Å². The number of rotatable bonds is 5. The van der Waals surface area contributed by atoms with E-state index in [9.17, 15) is 0 Å². The third-order valence-electron chi connectivity index (χ3n) is 2.67. The predicted octanol–water partition coefficient (Wildman–Crippen LogP) is 3.17. The molecule has 1 heterocycles. The van der Waals surface area contributed by atoms with Crippen LogP contribution < -0.4 is 4.74 Å². The summed E-state index contributed by atoms with van der Waals surface area (Å²) >= 11 is 2.30. The molecule has 1 aromatic heterocycles. The van der Waals surface area contributed by atoms with Crippen LogP contribution in [0.3, 0.4) is 0 Å². The molecule has 0 radical (unpaired) electrons. The largest absolute Gasteiger partial charge is 0.493 e. The summed E-state index contributed by atoms with van der Waals surface area (Å²) < 4.78 is 7.03. The fraction of sp³-hybridized carbons (Fsp3) is 0.357. The Balaban J connectivity index is 2.08. The first kappa shape index (κ1) is 13.5. The van der Waals surface area contributed by atoms with Crippen molar-refractivity contribution in [2.24, 2.45) is 0 Å². The van der Waals surface area contributed by atoms with E-state index in [1.165, 1.54) is 3.57 Å². The van der Waals surface area contributed by atoms with Gasteiger partial charge in [-0.25, -0.2) is 0 Å². The minimum Gasteiger partial charge on any atom is -0.493 e. The van der Waals surface area contributed by atoms with Gasteiger partial charge in [0.2, 0.25) is 0 Å². The number of fused-ring (bicyclic) bond motifs is 1. The van der Waals surface area contributed by atoms with Crippen molar-refractivity contribution in [3.63, 3.8) is 0 Å². The zero-order valence-electron chi connectivity index (χ0n) is 10.7. The lowest BCUT2D eigenvalue weighted by Gasteiger charge is -2.11. The molecule has 4 heteroatoms. The first-order chi connectivity index (χ1) is 8.66. The van der Waals surface area contributed by atoms with E-state index < -0.39 is 0 Å². The lowest BCUT2D eigenvalue weighted by atomic mass is 10.2. The molecule has 96 valence electrons. The average molecular weight is 356 g/mol. The van der Waals surface area contributed by atoms with Crippen molar-refractivity contribution in [2.45, 2.75) is 6.42 Å². The van der Waals surface area contributed by atoms with Gasteiger partial charge in [0, 0.05) is 21.7 Å². The minimum absolute atomic E-state index is 0.739. The van der Waals surface area contributed by atoms with Gasteiger partial charge in [-0.2, -0.15) is 0 Å². The van der Waals surface area contributed by atoms with Crippen LogP contribution in [0.15, 0.2) is 30.5 Å². The lowest BCUT2D eigenvalue weighted by Crippen LogP contribution is -2.15. The third kappa shape index (κ3) is 3.55. The SMILES string of the molecule is CN(C)CCCOc1ccnc2cc(I)ccc12. The second kappa shape index (κ2) is 6.33. The highest BCUT2D eigenvalue weighted by molar-refractivity contribution is 14.1. The van der Waals surface area contributed by atoms with Gasteiger partial charge in [-0.1, -0.05) is 0 Å². The van der Waals surface area contributed by atoms with E-state index in [-0.39, 0.29) is 0 Å². The smallest absolute Gasteiger partial charge is 0.130 e. The number of pyridine rings is 1. The molecular weight excluding hydrogens is 339 g/mol. The second-order valence-electron chi connectivity index (χ2n) is 4.48. The van der Waals surface area contributed by atoms with Crippen LogP contribution >= 0.6 is 22.6 Å². The molecule has 0 amide bonds. The van der Waals surface area contributed by atoms with Crippen LogP contribution in [0.4, 0.5) is 0 Å². The maximum atomic E-state index is 5.84. The van der Waals surface area contributed by atoms with Gasteiger partial charge in [0.1, 0.15) is 5.75 Å². The van der Waals surface area contributed by atoms with Crippen LogP contribution in [0.2, 0.25) is 0 Å². The van der Waals surface area contributed by atoms with Gasteiger partial charge in [-0.3, -0.25) is 4.98 Å². The van der Waals surface area contributed by atoms with Gasteiger partial charge in [-0.15, -0.1) is 0 Å². The summed E-state index contributed by atoms with van der Waals surface area (Å²) in [4.78, 5) is 6.53. The van der Waals surface area contributed by atoms with Gasteiger partial charge < -0.3 is 9.64 Å². The Morgan fingerprint density at radius 3 is 2.89 bits per heavy atom. The van der Waals surface area contributed by atoms with E-state index in [1.807, 2.05) is 6.07 Å². The summed E-state index contributed by atoms with van der Waals surface area (Å²) in [5.41, 5.74) is 0.993. The van der Waals surface area contributed by atoms with Crippen molar-refractivity contribution in [3.05, 3.63) is 34.0 Å². The topological polar surface area (TPSA) is 25.4 Å². The van der Waals surface area contributed by atoms with Crippen molar-refractivity contribution in [2.75, 3.05) is 27.2 Å². The molecule has 0 aliphatic carbocycles. The van der Waals surface area contributed by atoms with Gasteiger partial charge in [0.05, 0.1) is 12.1 Å². The van der Waals surface area contributed by atoms with Crippen molar-refractivity contribution in [1.82, 2.24) is 9.88 Å². The molecule has 0 saturated heterocycles. The lowest BCUT2D eigenvalue weighted by molar-refractivity contribution is 0.284. The molecule has 0 fully saturated rings. The first-order valence-electron chi connectivity index (χ1n) is 5.98. The Bertz CT molecular complexity index is 528. The summed E-state index contributed by atoms with van der Waals surface area (Å²) in [5.74, 6) is 0.926. The molecule has 0 aliphatic heterocycles. The Hall–Kier alpha value is -0.880. The predicted molar refractivity (Wildman–Crippen MR) is 83.1 cm³/mol. The van der Waals surface area contributed by atoms with E-state index in [4.69, 9.17) is 4.74 Å². The van der Waals surface area contributed by atoms with Gasteiger partial charge in [0.15, 0.2) is 0 Å². The van der Waals surface area contributed by atoms with E-state index in [0.717, 1.165) is 36.2 Å². The first-order valence-corrected chi connectivity index (χ1v) is 7.06. The summed E-state index contributed by atoms with van der Waals surface area (Å²) in [6.45, 7) is 1.78. The minimum atomic E-state index is 0.739. The van der Waals surface area contributed by atoms with E-state index in [2.05, 4.69) is 64.8 Å². The number of nitrogens with zero attached hydrogens (tertiary/aromatic N) is 2. The van der Waals surface area contributed by atoms with E-state index in [1.54, 1.807) is 6.20 Å². The number of halogens is 1. The molecule has 2 aromatic rings. The van der Waals surface area contributed by atoms with Crippen molar-refractivity contribution in [3.8, 4) is 5.75 Å². The Morgan fingerprint density at radius 1 is 1.28 bits per heavy atom. The monoisotopic (exact) mass is 356 g/mol. The molecule has 3 nitrogen and oxygen atoms in total. The van der Waals surface area contributed by atoms with Crippen molar-refractivity contribution >= 4 is 33.5 Å². The third-order valence-corrected chi connectivity index (χ3v) is 3.34. The molecule has 0 saturated carbocycles. The number of ether oxygens (including phenoxy) is 1. The van der Waals surface area contributed by atoms with Crippen LogP contribution in [0.1, 0.15) is 6.42 Å². The number of hydrogen-bond acceptors (Lipinski definition) is 3. The highest BCUT2D eigenvalue weighted by Crippen LogP contribution is 2.25.